The first-order chi connectivity index (χ1) is 16.1. The monoisotopic (exact) mass is 493 g/mol. The van der Waals surface area contributed by atoms with Crippen LogP contribution in [0.25, 0.3) is 11.5 Å². The molecule has 1 fully saturated rings. The molecule has 2 atom stereocenters. The van der Waals surface area contributed by atoms with Crippen LogP contribution in [-0.4, -0.2) is 40.6 Å². The van der Waals surface area contributed by atoms with Crippen molar-refractivity contribution in [3.05, 3.63) is 70.9 Å². The summed E-state index contributed by atoms with van der Waals surface area (Å²) >= 11 is 6.04. The molecule has 1 aromatic heterocycles. The van der Waals surface area contributed by atoms with Crippen LogP contribution in [0, 0.1) is 0 Å². The van der Waals surface area contributed by atoms with E-state index < -0.39 is 30.2 Å². The van der Waals surface area contributed by atoms with Crippen molar-refractivity contribution in [3.63, 3.8) is 0 Å². The van der Waals surface area contributed by atoms with E-state index in [2.05, 4.69) is 4.98 Å². The molecular weight excluding hydrogens is 475 g/mol. The minimum Gasteiger partial charge on any atom is -0.439 e. The smallest absolute Gasteiger partial charge is 0.439 e. The Morgan fingerprint density at radius 1 is 1.26 bits per heavy atom. The lowest BCUT2D eigenvalue weighted by Gasteiger charge is -2.22. The summed E-state index contributed by atoms with van der Waals surface area (Å²) in [5.41, 5.74) is 2.27. The van der Waals surface area contributed by atoms with Crippen LogP contribution in [0.5, 0.6) is 0 Å². The second kappa shape index (κ2) is 9.38. The molecule has 2 aromatic carbocycles. The number of rotatable bonds is 6. The van der Waals surface area contributed by atoms with E-state index in [0.29, 0.717) is 23.6 Å². The van der Waals surface area contributed by atoms with Gasteiger partial charge in [-0.15, -0.1) is 0 Å². The second-order valence-corrected chi connectivity index (χ2v) is 8.25. The van der Waals surface area contributed by atoms with Crippen LogP contribution in [0.1, 0.15) is 24.2 Å². The van der Waals surface area contributed by atoms with Gasteiger partial charge in [0.05, 0.1) is 12.7 Å². The third-order valence-electron chi connectivity index (χ3n) is 5.32. The van der Waals surface area contributed by atoms with Crippen LogP contribution in [0.3, 0.4) is 0 Å². The zero-order valence-corrected chi connectivity index (χ0v) is 18.6. The number of benzene rings is 2. The number of carbonyl (C=O) groups excluding carboxylic acids is 2. The van der Waals surface area contributed by atoms with Gasteiger partial charge in [-0.3, -0.25) is 10.1 Å². The molecule has 0 aliphatic carbocycles. The van der Waals surface area contributed by atoms with Crippen molar-refractivity contribution in [2.24, 2.45) is 0 Å². The number of halogens is 4. The number of anilines is 1. The number of alkyl halides is 3. The van der Waals surface area contributed by atoms with Gasteiger partial charge in [0.2, 0.25) is 11.8 Å². The fourth-order valence-corrected chi connectivity index (χ4v) is 3.80. The van der Waals surface area contributed by atoms with Crippen LogP contribution >= 0.6 is 11.6 Å². The molecule has 1 N–H and O–H groups in total. The number of oxazole rings is 1. The van der Waals surface area contributed by atoms with Crippen LogP contribution in [0.15, 0.2) is 59.1 Å². The molecule has 7 nitrogen and oxygen atoms in total. The molecule has 0 unspecified atom stereocenters. The summed E-state index contributed by atoms with van der Waals surface area (Å²) in [4.78, 5) is 29.0. The summed E-state index contributed by atoms with van der Waals surface area (Å²) in [6, 6.07) is 14.0. The first-order valence-corrected chi connectivity index (χ1v) is 10.6. The van der Waals surface area contributed by atoms with E-state index in [1.165, 1.54) is 0 Å². The highest BCUT2D eigenvalue weighted by Crippen LogP contribution is 2.30. The molecule has 1 saturated heterocycles. The maximum absolute atomic E-state index is 12.4. The first-order valence-electron chi connectivity index (χ1n) is 10.3. The van der Waals surface area contributed by atoms with E-state index in [0.717, 1.165) is 17.3 Å². The van der Waals surface area contributed by atoms with E-state index in [1.54, 1.807) is 52.7 Å². The van der Waals surface area contributed by atoms with Gasteiger partial charge in [-0.2, -0.15) is 13.2 Å². The summed E-state index contributed by atoms with van der Waals surface area (Å²) in [5, 5.41) is 2.18. The molecular formula is C23H19ClF3N3O4. The van der Waals surface area contributed by atoms with Crippen molar-refractivity contribution in [2.75, 3.05) is 11.9 Å². The van der Waals surface area contributed by atoms with Crippen LogP contribution in [-0.2, 0) is 16.0 Å². The van der Waals surface area contributed by atoms with Crippen LogP contribution in [0.2, 0.25) is 5.02 Å². The number of hydrogen-bond donors (Lipinski definition) is 1. The minimum atomic E-state index is -5.03. The zero-order valence-electron chi connectivity index (χ0n) is 17.8. The Bertz CT molecular complexity index is 1200. The summed E-state index contributed by atoms with van der Waals surface area (Å²) in [5.74, 6) is -2.49. The third kappa shape index (κ3) is 5.33. The van der Waals surface area contributed by atoms with E-state index >= 15 is 0 Å². The summed E-state index contributed by atoms with van der Waals surface area (Å²) in [6.07, 6.45) is -4.27. The minimum absolute atomic E-state index is 0.0598. The molecule has 11 heteroatoms. The Morgan fingerprint density at radius 2 is 2.00 bits per heavy atom. The Balaban J connectivity index is 1.37. The fourth-order valence-electron chi connectivity index (χ4n) is 3.60. The van der Waals surface area contributed by atoms with E-state index in [1.807, 2.05) is 13.0 Å². The molecule has 0 bridgehead atoms. The van der Waals surface area contributed by atoms with Gasteiger partial charge in [-0.1, -0.05) is 35.9 Å². The molecule has 1 aliphatic rings. The number of nitrogens with one attached hydrogen (secondary N) is 1. The van der Waals surface area contributed by atoms with Crippen molar-refractivity contribution < 1.29 is 31.9 Å². The van der Waals surface area contributed by atoms with E-state index in [9.17, 15) is 22.8 Å². The number of ether oxygens (including phenoxy) is 1. The zero-order chi connectivity index (χ0) is 24.5. The average molecular weight is 494 g/mol. The normalized spacial score (nSPS) is 16.9. The van der Waals surface area contributed by atoms with Crippen LogP contribution < -0.4 is 5.32 Å². The number of hydrogen-bond acceptors (Lipinski definition) is 5. The van der Waals surface area contributed by atoms with Crippen molar-refractivity contribution >= 4 is 29.5 Å². The maximum Gasteiger partial charge on any atom is 0.471 e. The third-order valence-corrected chi connectivity index (χ3v) is 5.56. The van der Waals surface area contributed by atoms with Crippen LogP contribution in [0.4, 0.5) is 23.8 Å². The van der Waals surface area contributed by atoms with E-state index in [4.69, 9.17) is 20.8 Å². The van der Waals surface area contributed by atoms with Gasteiger partial charge < -0.3 is 14.1 Å². The quantitative estimate of drug-likeness (QED) is 0.482. The van der Waals surface area contributed by atoms with Crippen molar-refractivity contribution in [1.82, 2.24) is 9.88 Å². The molecule has 1 aliphatic heterocycles. The standard InChI is InChI=1S/C23H19ClF3N3O4/c1-13(30-12-18(33-22(30)32)16-3-2-4-17(24)10-16)9-14-5-7-15(8-6-14)20-28-11-19(34-20)29-21(31)23(25,26)27/h2-8,10-11,13,18H,9,12H2,1H3,(H,29,31)/t13-,18+/m1/s1. The lowest BCUT2D eigenvalue weighted by Crippen LogP contribution is -2.35. The number of aromatic nitrogens is 1. The van der Waals surface area contributed by atoms with Crippen molar-refractivity contribution in [1.29, 1.82) is 0 Å². The number of nitrogens with zero attached hydrogens (tertiary/aromatic N) is 2. The SMILES string of the molecule is C[C@H](Cc1ccc(-c2ncc(NC(=O)C(F)(F)F)o2)cc1)N1C[C@@H](c2cccc(Cl)c2)OC1=O. The van der Waals surface area contributed by atoms with Gasteiger partial charge in [0.15, 0.2) is 0 Å². The molecule has 2 heterocycles. The van der Waals surface area contributed by atoms with E-state index in [-0.39, 0.29) is 11.9 Å². The van der Waals surface area contributed by atoms with Gasteiger partial charge >= 0.3 is 18.2 Å². The molecule has 178 valence electrons. The van der Waals surface area contributed by atoms with Gasteiger partial charge in [0, 0.05) is 16.6 Å². The van der Waals surface area contributed by atoms with Crippen molar-refractivity contribution in [2.45, 2.75) is 31.7 Å². The molecule has 2 amide bonds. The summed E-state index contributed by atoms with van der Waals surface area (Å²) < 4.78 is 47.8. The molecule has 34 heavy (non-hydrogen) atoms. The number of amides is 2. The Hall–Kier alpha value is -3.53. The summed E-state index contributed by atoms with van der Waals surface area (Å²) in [6.45, 7) is 2.32. The van der Waals surface area contributed by atoms with Gasteiger partial charge in [0.1, 0.15) is 6.10 Å². The fraction of sp³-hybridized carbons (Fsp3) is 0.261. The Morgan fingerprint density at radius 3 is 2.68 bits per heavy atom. The predicted molar refractivity (Wildman–Crippen MR) is 117 cm³/mol. The second-order valence-electron chi connectivity index (χ2n) is 7.81. The largest absolute Gasteiger partial charge is 0.471 e. The predicted octanol–water partition coefficient (Wildman–Crippen LogP) is 5.62. The topological polar surface area (TPSA) is 84.7 Å². The summed E-state index contributed by atoms with van der Waals surface area (Å²) in [7, 11) is 0. The highest BCUT2D eigenvalue weighted by molar-refractivity contribution is 6.30. The van der Waals surface area contributed by atoms with Gasteiger partial charge in [0.25, 0.3) is 0 Å². The Kier molecular flexibility index (Phi) is 6.52. The van der Waals surface area contributed by atoms with Gasteiger partial charge in [-0.25, -0.2) is 9.78 Å². The molecule has 4 rings (SSSR count). The molecule has 0 spiro atoms. The van der Waals surface area contributed by atoms with Crippen molar-refractivity contribution in [3.8, 4) is 11.5 Å². The first kappa shape index (κ1) is 23.6. The number of carbonyl (C=O) groups is 2. The lowest BCUT2D eigenvalue weighted by atomic mass is 10.0. The molecule has 0 saturated carbocycles. The lowest BCUT2D eigenvalue weighted by molar-refractivity contribution is -0.167. The van der Waals surface area contributed by atoms with Gasteiger partial charge in [-0.05, 0) is 48.7 Å². The molecule has 3 aromatic rings. The Labute approximate surface area is 197 Å². The highest BCUT2D eigenvalue weighted by atomic mass is 35.5. The maximum atomic E-state index is 12.4. The average Bonchev–Trinajstić information content (AvgIpc) is 3.40. The highest BCUT2D eigenvalue weighted by Gasteiger charge is 2.39. The number of cyclic esters (lactones) is 1. The molecule has 0 radical (unpaired) electrons.